The van der Waals surface area contributed by atoms with Gasteiger partial charge in [0.05, 0.1) is 0 Å². The van der Waals surface area contributed by atoms with Crippen LogP contribution in [0.2, 0.25) is 0 Å². The summed E-state index contributed by atoms with van der Waals surface area (Å²) in [7, 11) is 0. The van der Waals surface area contributed by atoms with Crippen molar-refractivity contribution in [2.75, 3.05) is 6.54 Å². The van der Waals surface area contributed by atoms with Gasteiger partial charge in [0.2, 0.25) is 0 Å². The van der Waals surface area contributed by atoms with Crippen LogP contribution in [0.4, 0.5) is 13.2 Å². The molecule has 17 heavy (non-hydrogen) atoms. The lowest BCUT2D eigenvalue weighted by Crippen LogP contribution is -2.23. The largest absolute Gasteiger partial charge is 0.389 e. The van der Waals surface area contributed by atoms with Gasteiger partial charge in [-0.25, -0.2) is 0 Å². The normalized spacial score (nSPS) is 13.9. The lowest BCUT2D eigenvalue weighted by Gasteiger charge is -2.17. The second-order valence-electron chi connectivity index (χ2n) is 4.03. The lowest BCUT2D eigenvalue weighted by molar-refractivity contribution is -0.135. The van der Waals surface area contributed by atoms with Crippen LogP contribution in [-0.4, -0.2) is 12.7 Å². The van der Waals surface area contributed by atoms with E-state index < -0.39 is 12.6 Å². The summed E-state index contributed by atoms with van der Waals surface area (Å²) in [4.78, 5) is 1.21. The minimum Gasteiger partial charge on any atom is -0.309 e. The van der Waals surface area contributed by atoms with Gasteiger partial charge in [0.15, 0.2) is 0 Å². The molecule has 0 saturated heterocycles. The molecule has 0 spiro atoms. The Morgan fingerprint density at radius 2 is 2.18 bits per heavy atom. The van der Waals surface area contributed by atoms with E-state index in [1.807, 2.05) is 17.5 Å². The summed E-state index contributed by atoms with van der Waals surface area (Å²) in [5.74, 6) is 0. The molecule has 1 heterocycles. The summed E-state index contributed by atoms with van der Waals surface area (Å²) in [6, 6.07) is 4.20. The van der Waals surface area contributed by atoms with Crippen molar-refractivity contribution in [1.82, 2.24) is 5.32 Å². The quantitative estimate of drug-likeness (QED) is 0.715. The van der Waals surface area contributed by atoms with Crippen molar-refractivity contribution in [3.05, 3.63) is 22.4 Å². The lowest BCUT2D eigenvalue weighted by atomic mass is 10.1. The maximum Gasteiger partial charge on any atom is 0.389 e. The molecular weight excluding hydrogens is 247 g/mol. The minimum absolute atomic E-state index is 0.148. The molecule has 0 radical (unpaired) electrons. The van der Waals surface area contributed by atoms with Crippen LogP contribution in [0.5, 0.6) is 0 Å². The van der Waals surface area contributed by atoms with Crippen molar-refractivity contribution in [2.45, 2.75) is 44.8 Å². The van der Waals surface area contributed by atoms with Gasteiger partial charge in [-0.1, -0.05) is 19.4 Å². The van der Waals surface area contributed by atoms with Crippen molar-refractivity contribution in [3.8, 4) is 0 Å². The average molecular weight is 265 g/mol. The SMILES string of the molecule is CCCC(NCCCC(F)(F)F)c1cccs1. The van der Waals surface area contributed by atoms with E-state index in [9.17, 15) is 13.2 Å². The van der Waals surface area contributed by atoms with E-state index in [1.54, 1.807) is 11.3 Å². The molecule has 1 unspecified atom stereocenters. The molecule has 0 aliphatic carbocycles. The monoisotopic (exact) mass is 265 g/mol. The fourth-order valence-electron chi connectivity index (χ4n) is 1.69. The van der Waals surface area contributed by atoms with Crippen LogP contribution >= 0.6 is 11.3 Å². The number of thiophene rings is 1. The van der Waals surface area contributed by atoms with Crippen LogP contribution in [0.15, 0.2) is 17.5 Å². The van der Waals surface area contributed by atoms with Crippen LogP contribution in [0, 0.1) is 0 Å². The highest BCUT2D eigenvalue weighted by Crippen LogP contribution is 2.24. The Hall–Kier alpha value is -0.550. The van der Waals surface area contributed by atoms with Gasteiger partial charge in [-0.2, -0.15) is 13.2 Å². The number of nitrogens with one attached hydrogen (secondary N) is 1. The van der Waals surface area contributed by atoms with E-state index in [4.69, 9.17) is 0 Å². The number of alkyl halides is 3. The first-order valence-corrected chi connectivity index (χ1v) is 6.74. The molecule has 5 heteroatoms. The van der Waals surface area contributed by atoms with Crippen molar-refractivity contribution >= 4 is 11.3 Å². The van der Waals surface area contributed by atoms with Crippen molar-refractivity contribution in [1.29, 1.82) is 0 Å². The number of halogens is 3. The summed E-state index contributed by atoms with van der Waals surface area (Å²) in [6.45, 7) is 2.50. The first-order chi connectivity index (χ1) is 8.03. The van der Waals surface area contributed by atoms with E-state index in [1.165, 1.54) is 4.88 Å². The zero-order valence-corrected chi connectivity index (χ0v) is 10.7. The van der Waals surface area contributed by atoms with Gasteiger partial charge >= 0.3 is 6.18 Å². The van der Waals surface area contributed by atoms with Gasteiger partial charge in [0.1, 0.15) is 0 Å². The molecule has 1 nitrogen and oxygen atoms in total. The zero-order valence-electron chi connectivity index (χ0n) is 9.89. The van der Waals surface area contributed by atoms with Crippen LogP contribution in [-0.2, 0) is 0 Å². The summed E-state index contributed by atoms with van der Waals surface area (Å²) < 4.78 is 35.9. The Labute approximate surface area is 104 Å². The molecule has 1 atom stereocenters. The molecule has 1 aromatic rings. The number of hydrogen-bond donors (Lipinski definition) is 1. The van der Waals surface area contributed by atoms with Crippen LogP contribution in [0.3, 0.4) is 0 Å². The van der Waals surface area contributed by atoms with E-state index in [-0.39, 0.29) is 12.5 Å². The Kier molecular flexibility index (Phi) is 5.98. The molecule has 0 bridgehead atoms. The first kappa shape index (κ1) is 14.5. The molecule has 0 saturated carbocycles. The molecular formula is C12H18F3NS. The fraction of sp³-hybridized carbons (Fsp3) is 0.667. The molecule has 0 aromatic carbocycles. The highest BCUT2D eigenvalue weighted by Gasteiger charge is 2.26. The zero-order chi connectivity index (χ0) is 12.7. The van der Waals surface area contributed by atoms with Gasteiger partial charge < -0.3 is 5.32 Å². The first-order valence-electron chi connectivity index (χ1n) is 5.86. The van der Waals surface area contributed by atoms with Gasteiger partial charge in [-0.15, -0.1) is 11.3 Å². The molecule has 0 amide bonds. The Bertz CT molecular complexity index is 295. The van der Waals surface area contributed by atoms with Crippen molar-refractivity contribution in [3.63, 3.8) is 0 Å². The topological polar surface area (TPSA) is 12.0 Å². The highest BCUT2D eigenvalue weighted by molar-refractivity contribution is 7.10. The van der Waals surface area contributed by atoms with Crippen LogP contribution in [0.25, 0.3) is 0 Å². The minimum atomic E-state index is -4.04. The maximum atomic E-state index is 12.0. The van der Waals surface area contributed by atoms with E-state index in [0.29, 0.717) is 6.54 Å². The standard InChI is InChI=1S/C12H18F3NS/c1-2-5-10(11-6-3-9-17-11)16-8-4-7-12(13,14)15/h3,6,9-10,16H,2,4-5,7-8H2,1H3. The van der Waals surface area contributed by atoms with Gasteiger partial charge in [-0.3, -0.25) is 0 Å². The Morgan fingerprint density at radius 1 is 1.41 bits per heavy atom. The highest BCUT2D eigenvalue weighted by atomic mass is 32.1. The second-order valence-corrected chi connectivity index (χ2v) is 5.01. The van der Waals surface area contributed by atoms with Crippen LogP contribution < -0.4 is 5.32 Å². The second kappa shape index (κ2) is 7.01. The Balaban J connectivity index is 2.31. The molecule has 98 valence electrons. The Morgan fingerprint density at radius 3 is 2.71 bits per heavy atom. The van der Waals surface area contributed by atoms with E-state index in [0.717, 1.165) is 12.8 Å². The third-order valence-corrected chi connectivity index (χ3v) is 3.48. The maximum absolute atomic E-state index is 12.0. The van der Waals surface area contributed by atoms with Gasteiger partial charge in [0.25, 0.3) is 0 Å². The molecule has 1 aromatic heterocycles. The predicted molar refractivity (Wildman–Crippen MR) is 65.3 cm³/mol. The smallest absolute Gasteiger partial charge is 0.309 e. The molecule has 0 fully saturated rings. The predicted octanol–water partition coefficient (Wildman–Crippen LogP) is 4.52. The average Bonchev–Trinajstić information content (AvgIpc) is 2.74. The van der Waals surface area contributed by atoms with E-state index >= 15 is 0 Å². The van der Waals surface area contributed by atoms with E-state index in [2.05, 4.69) is 12.2 Å². The number of rotatable bonds is 7. The summed E-state index contributed by atoms with van der Waals surface area (Å²) in [5, 5.41) is 5.20. The molecule has 1 rings (SSSR count). The third-order valence-electron chi connectivity index (χ3n) is 2.49. The van der Waals surface area contributed by atoms with Gasteiger partial charge in [-0.05, 0) is 30.8 Å². The fourth-order valence-corrected chi connectivity index (χ4v) is 2.53. The summed E-state index contributed by atoms with van der Waals surface area (Å²) >= 11 is 1.65. The summed E-state index contributed by atoms with van der Waals surface area (Å²) in [5.41, 5.74) is 0. The number of hydrogen-bond acceptors (Lipinski definition) is 2. The molecule has 1 N–H and O–H groups in total. The molecule has 0 aliphatic heterocycles. The van der Waals surface area contributed by atoms with Gasteiger partial charge in [0, 0.05) is 17.3 Å². The molecule has 0 aliphatic rings. The summed E-state index contributed by atoms with van der Waals surface area (Å²) in [6.07, 6.45) is -2.61. The van der Waals surface area contributed by atoms with Crippen molar-refractivity contribution in [2.24, 2.45) is 0 Å². The van der Waals surface area contributed by atoms with Crippen LogP contribution in [0.1, 0.15) is 43.5 Å². The van der Waals surface area contributed by atoms with Crippen molar-refractivity contribution < 1.29 is 13.2 Å². The third kappa shape index (κ3) is 6.07.